The first-order valence-corrected chi connectivity index (χ1v) is 7.80. The number of rotatable bonds is 5. The smallest absolute Gasteiger partial charge is 0.271 e. The lowest BCUT2D eigenvalue weighted by Gasteiger charge is -2.19. The van der Waals surface area contributed by atoms with Crippen molar-refractivity contribution in [1.29, 1.82) is 0 Å². The van der Waals surface area contributed by atoms with Crippen LogP contribution in [-0.2, 0) is 6.42 Å². The number of carbonyl (C=O) groups excluding carboxylic acids is 1. The molecule has 7 nitrogen and oxygen atoms in total. The van der Waals surface area contributed by atoms with Crippen molar-refractivity contribution in [1.82, 2.24) is 25.3 Å². The molecule has 1 atom stereocenters. The second-order valence-electron chi connectivity index (χ2n) is 5.55. The molecule has 0 fully saturated rings. The minimum atomic E-state index is -0.343. The van der Waals surface area contributed by atoms with Gasteiger partial charge in [-0.05, 0) is 12.5 Å². The van der Waals surface area contributed by atoms with Gasteiger partial charge in [0.2, 0.25) is 0 Å². The Kier molecular flexibility index (Phi) is 4.94. The summed E-state index contributed by atoms with van der Waals surface area (Å²) in [6.07, 6.45) is 4.77. The first kappa shape index (κ1) is 16.5. The highest BCUT2D eigenvalue weighted by molar-refractivity contribution is 5.92. The van der Waals surface area contributed by atoms with Gasteiger partial charge in [-0.3, -0.25) is 14.6 Å². The number of benzene rings is 1. The number of aromatic amines is 1. The summed E-state index contributed by atoms with van der Waals surface area (Å²) in [6, 6.07) is 10.6. The minimum Gasteiger partial charge on any atom is -0.343 e. The Morgan fingerprint density at radius 1 is 1.24 bits per heavy atom. The summed E-state index contributed by atoms with van der Waals surface area (Å²) in [5.74, 6) is 0.207. The van der Waals surface area contributed by atoms with Gasteiger partial charge >= 0.3 is 0 Å². The van der Waals surface area contributed by atoms with Crippen LogP contribution in [0.4, 0.5) is 0 Å². The van der Waals surface area contributed by atoms with Crippen LogP contribution in [-0.4, -0.2) is 25.8 Å². The van der Waals surface area contributed by atoms with Crippen LogP contribution in [0.1, 0.15) is 33.6 Å². The van der Waals surface area contributed by atoms with Crippen LogP contribution in [0.3, 0.4) is 0 Å². The van der Waals surface area contributed by atoms with Gasteiger partial charge in [-0.15, -0.1) is 0 Å². The van der Waals surface area contributed by atoms with Crippen LogP contribution in [0.5, 0.6) is 0 Å². The summed E-state index contributed by atoms with van der Waals surface area (Å²) in [5, 5.41) is 2.94. The molecule has 2 aromatic heterocycles. The molecule has 2 N–H and O–H groups in total. The number of carbonyl (C=O) groups is 1. The molecule has 0 aliphatic carbocycles. The predicted molar refractivity (Wildman–Crippen MR) is 92.0 cm³/mol. The van der Waals surface area contributed by atoms with E-state index in [4.69, 9.17) is 0 Å². The topological polar surface area (TPSA) is 101 Å². The fourth-order valence-electron chi connectivity index (χ4n) is 2.54. The van der Waals surface area contributed by atoms with E-state index in [0.29, 0.717) is 17.9 Å². The first-order chi connectivity index (χ1) is 12.1. The molecule has 0 saturated heterocycles. The summed E-state index contributed by atoms with van der Waals surface area (Å²) < 4.78 is 0. The Morgan fingerprint density at radius 2 is 2.04 bits per heavy atom. The SMILES string of the molecule is Cc1nc(CC(NC(=O)c2cnccn2)c2ccccc2)cc(=O)[nH]1. The third kappa shape index (κ3) is 4.35. The van der Waals surface area contributed by atoms with E-state index >= 15 is 0 Å². The van der Waals surface area contributed by atoms with Crippen LogP contribution < -0.4 is 10.9 Å². The van der Waals surface area contributed by atoms with E-state index in [1.54, 1.807) is 6.92 Å². The van der Waals surface area contributed by atoms with Gasteiger partial charge in [0.1, 0.15) is 11.5 Å². The predicted octanol–water partition coefficient (Wildman–Crippen LogP) is 1.58. The molecule has 2 heterocycles. The second-order valence-corrected chi connectivity index (χ2v) is 5.55. The van der Waals surface area contributed by atoms with Crippen molar-refractivity contribution in [2.45, 2.75) is 19.4 Å². The number of amides is 1. The van der Waals surface area contributed by atoms with Crippen molar-refractivity contribution >= 4 is 5.91 Å². The lowest BCUT2D eigenvalue weighted by atomic mass is 10.0. The van der Waals surface area contributed by atoms with Gasteiger partial charge in [0.25, 0.3) is 11.5 Å². The van der Waals surface area contributed by atoms with Crippen molar-refractivity contribution in [2.24, 2.45) is 0 Å². The highest BCUT2D eigenvalue weighted by atomic mass is 16.2. The van der Waals surface area contributed by atoms with Crippen molar-refractivity contribution in [3.63, 3.8) is 0 Å². The number of aryl methyl sites for hydroxylation is 1. The molecule has 1 unspecified atom stereocenters. The van der Waals surface area contributed by atoms with E-state index in [-0.39, 0.29) is 23.2 Å². The standard InChI is InChI=1S/C18H17N5O2/c1-12-21-14(10-17(24)22-12)9-15(13-5-3-2-4-6-13)23-18(25)16-11-19-7-8-20-16/h2-8,10-11,15H,9H2,1H3,(H,23,25)(H,21,22,24). The molecule has 0 aliphatic rings. The summed E-state index contributed by atoms with van der Waals surface area (Å²) in [7, 11) is 0. The van der Waals surface area contributed by atoms with E-state index in [1.165, 1.54) is 24.7 Å². The lowest BCUT2D eigenvalue weighted by Crippen LogP contribution is -2.31. The Labute approximate surface area is 144 Å². The van der Waals surface area contributed by atoms with Crippen LogP contribution >= 0.6 is 0 Å². The summed E-state index contributed by atoms with van der Waals surface area (Å²) in [6.45, 7) is 1.72. The third-order valence-electron chi connectivity index (χ3n) is 3.63. The quantitative estimate of drug-likeness (QED) is 0.737. The molecule has 1 amide bonds. The molecule has 3 aromatic rings. The van der Waals surface area contributed by atoms with Gasteiger partial charge in [0.15, 0.2) is 0 Å². The van der Waals surface area contributed by atoms with E-state index < -0.39 is 0 Å². The van der Waals surface area contributed by atoms with Crippen LogP contribution in [0.15, 0.2) is 59.8 Å². The lowest BCUT2D eigenvalue weighted by molar-refractivity contribution is 0.0931. The monoisotopic (exact) mass is 335 g/mol. The maximum Gasteiger partial charge on any atom is 0.271 e. The van der Waals surface area contributed by atoms with Gasteiger partial charge in [-0.2, -0.15) is 0 Å². The molecule has 7 heteroatoms. The maximum absolute atomic E-state index is 12.5. The van der Waals surface area contributed by atoms with Gasteiger partial charge in [-0.25, -0.2) is 9.97 Å². The average molecular weight is 335 g/mol. The normalized spacial score (nSPS) is 11.7. The molecule has 25 heavy (non-hydrogen) atoms. The van der Waals surface area contributed by atoms with E-state index in [1.807, 2.05) is 30.3 Å². The molecule has 0 aliphatic heterocycles. The van der Waals surface area contributed by atoms with E-state index in [9.17, 15) is 9.59 Å². The molecule has 0 saturated carbocycles. The highest BCUT2D eigenvalue weighted by Gasteiger charge is 2.18. The molecule has 3 rings (SSSR count). The molecular formula is C18H17N5O2. The largest absolute Gasteiger partial charge is 0.343 e. The number of H-pyrrole nitrogens is 1. The molecule has 1 aromatic carbocycles. The average Bonchev–Trinajstić information content (AvgIpc) is 2.62. The minimum absolute atomic E-state index is 0.213. The fourth-order valence-corrected chi connectivity index (χ4v) is 2.54. The molecule has 0 radical (unpaired) electrons. The maximum atomic E-state index is 12.5. The summed E-state index contributed by atoms with van der Waals surface area (Å²) in [4.78, 5) is 39.0. The van der Waals surface area contributed by atoms with E-state index in [0.717, 1.165) is 5.56 Å². The van der Waals surface area contributed by atoms with Gasteiger partial charge < -0.3 is 10.3 Å². The van der Waals surface area contributed by atoms with Crippen molar-refractivity contribution in [3.8, 4) is 0 Å². The van der Waals surface area contributed by atoms with Crippen molar-refractivity contribution < 1.29 is 4.79 Å². The highest BCUT2D eigenvalue weighted by Crippen LogP contribution is 2.17. The van der Waals surface area contributed by atoms with Crippen molar-refractivity contribution in [3.05, 3.63) is 88.1 Å². The van der Waals surface area contributed by atoms with Crippen LogP contribution in [0.25, 0.3) is 0 Å². The molecule has 0 spiro atoms. The van der Waals surface area contributed by atoms with Gasteiger partial charge in [0, 0.05) is 24.9 Å². The number of nitrogens with zero attached hydrogens (tertiary/aromatic N) is 3. The van der Waals surface area contributed by atoms with Crippen LogP contribution in [0, 0.1) is 6.92 Å². The number of hydrogen-bond acceptors (Lipinski definition) is 5. The van der Waals surface area contributed by atoms with E-state index in [2.05, 4.69) is 25.3 Å². The molecule has 0 bridgehead atoms. The van der Waals surface area contributed by atoms with Gasteiger partial charge in [-0.1, -0.05) is 30.3 Å². The molecular weight excluding hydrogens is 318 g/mol. The Morgan fingerprint density at radius 3 is 2.72 bits per heavy atom. The Hall–Kier alpha value is -3.35. The Balaban J connectivity index is 1.88. The third-order valence-corrected chi connectivity index (χ3v) is 3.63. The Bertz CT molecular complexity index is 910. The number of aromatic nitrogens is 4. The summed E-state index contributed by atoms with van der Waals surface area (Å²) in [5.41, 5.74) is 1.54. The summed E-state index contributed by atoms with van der Waals surface area (Å²) >= 11 is 0. The van der Waals surface area contributed by atoms with Gasteiger partial charge in [0.05, 0.1) is 17.9 Å². The molecule has 126 valence electrons. The fraction of sp³-hybridized carbons (Fsp3) is 0.167. The zero-order chi connectivity index (χ0) is 17.6. The van der Waals surface area contributed by atoms with Crippen LogP contribution in [0.2, 0.25) is 0 Å². The number of hydrogen-bond donors (Lipinski definition) is 2. The zero-order valence-electron chi connectivity index (χ0n) is 13.6. The number of nitrogens with one attached hydrogen (secondary N) is 2. The zero-order valence-corrected chi connectivity index (χ0v) is 13.6. The first-order valence-electron chi connectivity index (χ1n) is 7.80. The van der Waals surface area contributed by atoms with Crippen molar-refractivity contribution in [2.75, 3.05) is 0 Å². The second kappa shape index (κ2) is 7.48.